The first-order valence-corrected chi connectivity index (χ1v) is 6.30. The van der Waals surface area contributed by atoms with E-state index in [-0.39, 0.29) is 5.78 Å². The maximum atomic E-state index is 11.0. The molecule has 0 atom stereocenters. The Morgan fingerprint density at radius 3 is 2.12 bits per heavy atom. The molecule has 1 aromatic heterocycles. The molecule has 0 saturated carbocycles. The Bertz CT molecular complexity index is 426. The third-order valence-electron chi connectivity index (χ3n) is 2.10. The molecule has 0 aliphatic rings. The van der Waals surface area contributed by atoms with Crippen LogP contribution in [0.3, 0.4) is 0 Å². The molecule has 16 heavy (non-hydrogen) atoms. The van der Waals surface area contributed by atoms with Gasteiger partial charge in [0.15, 0.2) is 5.78 Å². The number of rotatable bonds is 2. The lowest BCUT2D eigenvalue weighted by atomic mass is 10.1. The summed E-state index contributed by atoms with van der Waals surface area (Å²) in [5.74, 6) is 0.114. The van der Waals surface area contributed by atoms with Gasteiger partial charge in [0.1, 0.15) is 0 Å². The van der Waals surface area contributed by atoms with Gasteiger partial charge in [-0.1, -0.05) is 44.2 Å². The quantitative estimate of drug-likeness (QED) is 0.689. The van der Waals surface area contributed by atoms with Gasteiger partial charge in [-0.25, -0.2) is 0 Å². The topological polar surface area (TPSA) is 17.1 Å². The Balaban J connectivity index is 0.000000606. The minimum absolute atomic E-state index is 0.114. The SMILES string of the molecule is CC.CC(=O)c1ccc(-c2cccs2)cc1. The Morgan fingerprint density at radius 2 is 1.69 bits per heavy atom. The maximum Gasteiger partial charge on any atom is 0.159 e. The van der Waals surface area contributed by atoms with Crippen LogP contribution in [0.4, 0.5) is 0 Å². The van der Waals surface area contributed by atoms with E-state index in [0.717, 1.165) is 5.56 Å². The molecule has 2 rings (SSSR count). The van der Waals surface area contributed by atoms with Crippen molar-refractivity contribution in [3.63, 3.8) is 0 Å². The van der Waals surface area contributed by atoms with Crippen molar-refractivity contribution in [2.75, 3.05) is 0 Å². The summed E-state index contributed by atoms with van der Waals surface area (Å²) in [5, 5.41) is 2.05. The summed E-state index contributed by atoms with van der Waals surface area (Å²) in [6.45, 7) is 5.58. The second kappa shape index (κ2) is 6.23. The van der Waals surface area contributed by atoms with Crippen LogP contribution in [-0.4, -0.2) is 5.78 Å². The zero-order valence-electron chi connectivity index (χ0n) is 9.86. The summed E-state index contributed by atoms with van der Waals surface area (Å²) in [6, 6.07) is 11.8. The van der Waals surface area contributed by atoms with E-state index < -0.39 is 0 Å². The molecule has 0 aliphatic carbocycles. The van der Waals surface area contributed by atoms with Crippen molar-refractivity contribution in [3.05, 3.63) is 47.3 Å². The van der Waals surface area contributed by atoms with Crippen molar-refractivity contribution in [2.45, 2.75) is 20.8 Å². The fourth-order valence-corrected chi connectivity index (χ4v) is 2.05. The molecule has 2 heteroatoms. The number of carbonyl (C=O) groups excluding carboxylic acids is 1. The van der Waals surface area contributed by atoms with Gasteiger partial charge in [0.05, 0.1) is 0 Å². The minimum Gasteiger partial charge on any atom is -0.295 e. The van der Waals surface area contributed by atoms with Gasteiger partial charge in [-0.05, 0) is 23.9 Å². The largest absolute Gasteiger partial charge is 0.295 e. The highest BCUT2D eigenvalue weighted by Crippen LogP contribution is 2.24. The molecule has 84 valence electrons. The van der Waals surface area contributed by atoms with Gasteiger partial charge in [0.25, 0.3) is 0 Å². The van der Waals surface area contributed by atoms with Crippen molar-refractivity contribution in [3.8, 4) is 10.4 Å². The number of Topliss-reactive ketones (excluding diaryl/α,β-unsaturated/α-hetero) is 1. The average molecular weight is 232 g/mol. The first kappa shape index (κ1) is 12.7. The zero-order valence-corrected chi connectivity index (χ0v) is 10.7. The molecule has 1 nitrogen and oxygen atoms in total. The third-order valence-corrected chi connectivity index (χ3v) is 3.02. The van der Waals surface area contributed by atoms with Crippen LogP contribution < -0.4 is 0 Å². The first-order valence-electron chi connectivity index (χ1n) is 5.42. The van der Waals surface area contributed by atoms with Gasteiger partial charge in [0.2, 0.25) is 0 Å². The Kier molecular flexibility index (Phi) is 4.93. The Hall–Kier alpha value is -1.41. The lowest BCUT2D eigenvalue weighted by Crippen LogP contribution is -1.90. The van der Waals surface area contributed by atoms with E-state index >= 15 is 0 Å². The van der Waals surface area contributed by atoms with Gasteiger partial charge in [-0.2, -0.15) is 0 Å². The fraction of sp³-hybridized carbons (Fsp3) is 0.214. The van der Waals surface area contributed by atoms with Crippen molar-refractivity contribution >= 4 is 17.1 Å². The second-order valence-corrected chi connectivity index (χ2v) is 4.06. The van der Waals surface area contributed by atoms with E-state index in [1.807, 2.05) is 49.6 Å². The predicted molar refractivity (Wildman–Crippen MR) is 71.1 cm³/mol. The molecule has 1 heterocycles. The molecule has 0 unspecified atom stereocenters. The van der Waals surface area contributed by atoms with E-state index in [1.165, 1.54) is 10.4 Å². The van der Waals surface area contributed by atoms with Crippen molar-refractivity contribution in [1.29, 1.82) is 0 Å². The van der Waals surface area contributed by atoms with Gasteiger partial charge in [-0.3, -0.25) is 4.79 Å². The number of benzene rings is 1. The van der Waals surface area contributed by atoms with Crippen LogP contribution >= 0.6 is 11.3 Å². The number of ketones is 1. The highest BCUT2D eigenvalue weighted by molar-refractivity contribution is 7.13. The Morgan fingerprint density at radius 1 is 1.06 bits per heavy atom. The summed E-state index contributed by atoms with van der Waals surface area (Å²) in [5.41, 5.74) is 1.94. The molecule has 0 bridgehead atoms. The van der Waals surface area contributed by atoms with Crippen LogP contribution in [0.25, 0.3) is 10.4 Å². The van der Waals surface area contributed by atoms with Crippen molar-refractivity contribution in [1.82, 2.24) is 0 Å². The van der Waals surface area contributed by atoms with Crippen LogP contribution in [0.15, 0.2) is 41.8 Å². The minimum atomic E-state index is 0.114. The summed E-state index contributed by atoms with van der Waals surface area (Å²) < 4.78 is 0. The maximum absolute atomic E-state index is 11.0. The molecule has 0 radical (unpaired) electrons. The predicted octanol–water partition coefficient (Wildman–Crippen LogP) is 4.64. The number of hydrogen-bond acceptors (Lipinski definition) is 2. The fourth-order valence-electron chi connectivity index (χ4n) is 1.31. The number of carbonyl (C=O) groups is 1. The molecule has 1 aromatic carbocycles. The Labute approximate surface area is 101 Å². The highest BCUT2D eigenvalue weighted by atomic mass is 32.1. The lowest BCUT2D eigenvalue weighted by molar-refractivity contribution is 0.101. The summed E-state index contributed by atoms with van der Waals surface area (Å²) in [4.78, 5) is 12.3. The van der Waals surface area contributed by atoms with Crippen LogP contribution in [-0.2, 0) is 0 Å². The van der Waals surface area contributed by atoms with E-state index in [0.29, 0.717) is 0 Å². The lowest BCUT2D eigenvalue weighted by Gasteiger charge is -1.98. The summed E-state index contributed by atoms with van der Waals surface area (Å²) in [6.07, 6.45) is 0. The van der Waals surface area contributed by atoms with Gasteiger partial charge in [0, 0.05) is 10.4 Å². The van der Waals surface area contributed by atoms with Crippen molar-refractivity contribution < 1.29 is 4.79 Å². The van der Waals surface area contributed by atoms with E-state index in [9.17, 15) is 4.79 Å². The van der Waals surface area contributed by atoms with Crippen LogP contribution in [0.5, 0.6) is 0 Å². The smallest absolute Gasteiger partial charge is 0.159 e. The van der Waals surface area contributed by atoms with E-state index in [1.54, 1.807) is 18.3 Å². The zero-order chi connectivity index (χ0) is 12.0. The molecule has 0 N–H and O–H groups in total. The van der Waals surface area contributed by atoms with E-state index in [4.69, 9.17) is 0 Å². The second-order valence-electron chi connectivity index (χ2n) is 3.11. The number of hydrogen-bond donors (Lipinski definition) is 0. The molecular formula is C14H16OS. The molecule has 2 aromatic rings. The molecule has 0 aliphatic heterocycles. The monoisotopic (exact) mass is 232 g/mol. The summed E-state index contributed by atoms with van der Waals surface area (Å²) >= 11 is 1.71. The van der Waals surface area contributed by atoms with E-state index in [2.05, 4.69) is 6.07 Å². The van der Waals surface area contributed by atoms with Crippen LogP contribution in [0.2, 0.25) is 0 Å². The number of thiophene rings is 1. The standard InChI is InChI=1S/C12H10OS.C2H6/c1-9(13)10-4-6-11(7-5-10)12-3-2-8-14-12;1-2/h2-8H,1H3;1-2H3. The normalized spacial score (nSPS) is 9.19. The van der Waals surface area contributed by atoms with Gasteiger partial charge < -0.3 is 0 Å². The molecule has 0 fully saturated rings. The first-order chi connectivity index (χ1) is 7.77. The molecule has 0 saturated heterocycles. The summed E-state index contributed by atoms with van der Waals surface area (Å²) in [7, 11) is 0. The van der Waals surface area contributed by atoms with Gasteiger partial charge in [-0.15, -0.1) is 11.3 Å². The molecular weight excluding hydrogens is 216 g/mol. The van der Waals surface area contributed by atoms with Crippen LogP contribution in [0.1, 0.15) is 31.1 Å². The van der Waals surface area contributed by atoms with Gasteiger partial charge >= 0.3 is 0 Å². The van der Waals surface area contributed by atoms with Crippen molar-refractivity contribution in [2.24, 2.45) is 0 Å². The average Bonchev–Trinajstić information content (AvgIpc) is 2.85. The highest BCUT2D eigenvalue weighted by Gasteiger charge is 2.00. The third kappa shape index (κ3) is 3.04. The molecule has 0 spiro atoms. The van der Waals surface area contributed by atoms with Crippen LogP contribution in [0, 0.1) is 0 Å². The molecule has 0 amide bonds.